The molecule has 1 atom stereocenters. The van der Waals surface area contributed by atoms with Gasteiger partial charge in [0, 0.05) is 31.4 Å². The van der Waals surface area contributed by atoms with E-state index >= 15 is 0 Å². The third kappa shape index (κ3) is 4.30. The summed E-state index contributed by atoms with van der Waals surface area (Å²) in [6, 6.07) is 8.41. The average Bonchev–Trinajstić information content (AvgIpc) is 3.07. The zero-order valence-corrected chi connectivity index (χ0v) is 15.8. The number of carbonyl (C=O) groups excluding carboxylic acids is 1. The summed E-state index contributed by atoms with van der Waals surface area (Å²) in [5.41, 5.74) is 2.93. The lowest BCUT2D eigenvalue weighted by Gasteiger charge is -2.45. The van der Waals surface area contributed by atoms with Crippen LogP contribution in [-0.4, -0.2) is 40.1 Å². The van der Waals surface area contributed by atoms with Crippen LogP contribution in [0.5, 0.6) is 0 Å². The molecule has 1 aliphatic heterocycles. The maximum atomic E-state index is 12.7. The molecule has 3 rings (SSSR count). The van der Waals surface area contributed by atoms with E-state index in [9.17, 15) is 4.79 Å². The molecule has 6 nitrogen and oxygen atoms in total. The molecule has 6 heteroatoms. The van der Waals surface area contributed by atoms with Crippen LogP contribution >= 0.6 is 0 Å². The quantitative estimate of drug-likeness (QED) is 0.834. The minimum Gasteiger partial charge on any atom is -0.376 e. The molecule has 0 saturated carbocycles. The van der Waals surface area contributed by atoms with E-state index in [-0.39, 0.29) is 16.9 Å². The van der Waals surface area contributed by atoms with Crippen LogP contribution in [0.15, 0.2) is 30.5 Å². The highest BCUT2D eigenvalue weighted by atomic mass is 16.5. The highest BCUT2D eigenvalue weighted by Crippen LogP contribution is 2.45. The first-order valence-electron chi connectivity index (χ1n) is 9.22. The number of hydrogen-bond acceptors (Lipinski definition) is 4. The Labute approximate surface area is 154 Å². The number of aromatic amines is 1. The van der Waals surface area contributed by atoms with Crippen LogP contribution in [0.4, 0.5) is 0 Å². The molecule has 1 amide bonds. The minimum atomic E-state index is -0.235. The van der Waals surface area contributed by atoms with Crippen molar-refractivity contribution in [2.24, 2.45) is 0 Å². The van der Waals surface area contributed by atoms with Crippen LogP contribution in [0.3, 0.4) is 0 Å². The topological polar surface area (TPSA) is 79.9 Å². The molecule has 1 unspecified atom stereocenters. The summed E-state index contributed by atoms with van der Waals surface area (Å²) < 4.78 is 5.94. The predicted molar refractivity (Wildman–Crippen MR) is 99.8 cm³/mol. The monoisotopic (exact) mass is 356 g/mol. The number of amides is 1. The van der Waals surface area contributed by atoms with Crippen LogP contribution in [0.1, 0.15) is 49.9 Å². The third-order valence-corrected chi connectivity index (χ3v) is 5.22. The van der Waals surface area contributed by atoms with Crippen molar-refractivity contribution in [2.45, 2.75) is 57.5 Å². The van der Waals surface area contributed by atoms with Gasteiger partial charge in [0.25, 0.3) is 0 Å². The maximum Gasteiger partial charge on any atom is 0.220 e. The molecular formula is C20H28N4O2. The number of H-pyrrole nitrogens is 1. The van der Waals surface area contributed by atoms with Crippen LogP contribution in [0.2, 0.25) is 0 Å². The van der Waals surface area contributed by atoms with Crippen molar-refractivity contribution in [3.05, 3.63) is 47.3 Å². The Morgan fingerprint density at radius 1 is 1.35 bits per heavy atom. The van der Waals surface area contributed by atoms with Crippen LogP contribution in [0, 0.1) is 6.92 Å². The predicted octanol–water partition coefficient (Wildman–Crippen LogP) is 2.69. The van der Waals surface area contributed by atoms with E-state index in [1.165, 1.54) is 11.1 Å². The van der Waals surface area contributed by atoms with E-state index < -0.39 is 0 Å². The Bertz CT molecular complexity index is 742. The van der Waals surface area contributed by atoms with Crippen molar-refractivity contribution in [3.63, 3.8) is 0 Å². The Balaban J connectivity index is 1.73. The number of aromatic nitrogens is 3. The van der Waals surface area contributed by atoms with Crippen molar-refractivity contribution in [1.82, 2.24) is 20.7 Å². The molecule has 1 fully saturated rings. The van der Waals surface area contributed by atoms with Gasteiger partial charge >= 0.3 is 0 Å². The lowest BCUT2D eigenvalue weighted by molar-refractivity contribution is -0.126. The van der Waals surface area contributed by atoms with E-state index in [2.05, 4.69) is 65.8 Å². The Kier molecular flexibility index (Phi) is 5.41. The van der Waals surface area contributed by atoms with Gasteiger partial charge in [-0.25, -0.2) is 0 Å². The number of carbonyl (C=O) groups is 1. The first-order valence-corrected chi connectivity index (χ1v) is 9.22. The van der Waals surface area contributed by atoms with Gasteiger partial charge in [0.1, 0.15) is 0 Å². The third-order valence-electron chi connectivity index (χ3n) is 5.22. The fraction of sp³-hybridized carbons (Fsp3) is 0.550. The summed E-state index contributed by atoms with van der Waals surface area (Å²) in [7, 11) is 0. The average molecular weight is 356 g/mol. The zero-order valence-electron chi connectivity index (χ0n) is 15.8. The van der Waals surface area contributed by atoms with E-state index in [0.29, 0.717) is 26.0 Å². The fourth-order valence-corrected chi connectivity index (χ4v) is 4.17. The van der Waals surface area contributed by atoms with Crippen LogP contribution in [0.25, 0.3) is 0 Å². The largest absolute Gasteiger partial charge is 0.376 e. The molecule has 1 saturated heterocycles. The Hall–Kier alpha value is -2.21. The highest BCUT2D eigenvalue weighted by molar-refractivity contribution is 5.77. The van der Waals surface area contributed by atoms with Crippen molar-refractivity contribution in [2.75, 3.05) is 13.2 Å². The molecule has 2 N–H and O–H groups in total. The smallest absolute Gasteiger partial charge is 0.220 e. The van der Waals surface area contributed by atoms with Gasteiger partial charge in [-0.2, -0.15) is 15.4 Å². The molecule has 1 aromatic carbocycles. The molecule has 140 valence electrons. The fourth-order valence-electron chi connectivity index (χ4n) is 4.17. The Morgan fingerprint density at radius 2 is 2.15 bits per heavy atom. The van der Waals surface area contributed by atoms with Gasteiger partial charge in [-0.1, -0.05) is 24.3 Å². The molecule has 0 aliphatic carbocycles. The van der Waals surface area contributed by atoms with Crippen molar-refractivity contribution < 1.29 is 9.53 Å². The van der Waals surface area contributed by atoms with Gasteiger partial charge in [-0.3, -0.25) is 4.79 Å². The number of benzene rings is 1. The van der Waals surface area contributed by atoms with Crippen LogP contribution in [-0.2, 0) is 21.4 Å². The van der Waals surface area contributed by atoms with Gasteiger partial charge in [0.05, 0.1) is 17.5 Å². The summed E-state index contributed by atoms with van der Waals surface area (Å²) in [4.78, 5) is 12.7. The van der Waals surface area contributed by atoms with E-state index in [1.807, 2.05) is 0 Å². The first kappa shape index (κ1) is 18.6. The van der Waals surface area contributed by atoms with Crippen molar-refractivity contribution in [1.29, 1.82) is 0 Å². The standard InChI is InChI=1S/C20H28N4O2/c1-15-6-4-5-7-17(15)20(9-11-26-19(2,3)14-20)12-18(25)21-10-8-16-13-22-24-23-16/h4-7,13H,8-12,14H2,1-3H3,(H,21,25)(H,22,23,24). The SMILES string of the molecule is Cc1ccccc1C1(CC(=O)NCCc2cn[nH]n2)CCOC(C)(C)C1. The number of nitrogens with one attached hydrogen (secondary N) is 2. The lowest BCUT2D eigenvalue weighted by Crippen LogP contribution is -2.47. The van der Waals surface area contributed by atoms with Gasteiger partial charge in [0.2, 0.25) is 5.91 Å². The van der Waals surface area contributed by atoms with Crippen LogP contribution < -0.4 is 5.32 Å². The summed E-state index contributed by atoms with van der Waals surface area (Å²) in [6.07, 6.45) is 4.53. The zero-order chi connectivity index (χ0) is 18.6. The number of ether oxygens (including phenoxy) is 1. The number of nitrogens with zero attached hydrogens (tertiary/aromatic N) is 2. The molecule has 2 heterocycles. The second-order valence-corrected chi connectivity index (χ2v) is 7.87. The minimum absolute atomic E-state index is 0.0782. The van der Waals surface area contributed by atoms with Gasteiger partial charge in [0.15, 0.2) is 0 Å². The molecule has 1 aromatic heterocycles. The van der Waals surface area contributed by atoms with E-state index in [4.69, 9.17) is 4.74 Å². The normalized spacial score (nSPS) is 22.1. The molecule has 26 heavy (non-hydrogen) atoms. The number of hydrogen-bond donors (Lipinski definition) is 2. The second kappa shape index (κ2) is 7.58. The number of aryl methyl sites for hydroxylation is 1. The second-order valence-electron chi connectivity index (χ2n) is 7.87. The summed E-state index contributed by atoms with van der Waals surface area (Å²) in [5.74, 6) is 0.0782. The lowest BCUT2D eigenvalue weighted by atomic mass is 9.66. The maximum absolute atomic E-state index is 12.7. The molecule has 1 aliphatic rings. The highest BCUT2D eigenvalue weighted by Gasteiger charge is 2.44. The molecule has 0 spiro atoms. The molecule has 0 bridgehead atoms. The van der Waals surface area contributed by atoms with Crippen molar-refractivity contribution >= 4 is 5.91 Å². The van der Waals surface area contributed by atoms with Gasteiger partial charge in [-0.05, 0) is 44.7 Å². The Morgan fingerprint density at radius 3 is 2.85 bits per heavy atom. The summed E-state index contributed by atoms with van der Waals surface area (Å²) in [5, 5.41) is 13.4. The van der Waals surface area contributed by atoms with Crippen molar-refractivity contribution in [3.8, 4) is 0 Å². The van der Waals surface area contributed by atoms with Gasteiger partial charge in [-0.15, -0.1) is 0 Å². The van der Waals surface area contributed by atoms with Gasteiger partial charge < -0.3 is 10.1 Å². The number of rotatable bonds is 6. The first-order chi connectivity index (χ1) is 12.4. The molecule has 0 radical (unpaired) electrons. The summed E-state index contributed by atoms with van der Waals surface area (Å²) in [6.45, 7) is 7.59. The molecule has 2 aromatic rings. The summed E-state index contributed by atoms with van der Waals surface area (Å²) >= 11 is 0. The van der Waals surface area contributed by atoms with E-state index in [0.717, 1.165) is 18.5 Å². The molecular weight excluding hydrogens is 328 g/mol. The van der Waals surface area contributed by atoms with E-state index in [1.54, 1.807) is 6.20 Å².